The van der Waals surface area contributed by atoms with Crippen LogP contribution in [0.1, 0.15) is 53.3 Å². The van der Waals surface area contributed by atoms with E-state index in [1.807, 2.05) is 11.3 Å². The maximum Gasteiger partial charge on any atom is 0.0736 e. The van der Waals surface area contributed by atoms with Gasteiger partial charge in [-0.05, 0) is 137 Å². The number of fused-ring (bicyclic) bond motifs is 3. The first-order valence-corrected chi connectivity index (χ1v) is 17.8. The number of aryl methyl sites for hydroxylation is 1. The molecule has 0 saturated carbocycles. The van der Waals surface area contributed by atoms with Crippen LogP contribution in [0.3, 0.4) is 0 Å². The van der Waals surface area contributed by atoms with Crippen LogP contribution in [0.5, 0.6) is 0 Å². The Morgan fingerprint density at radius 3 is 1.83 bits per heavy atom. The lowest BCUT2D eigenvalue weighted by Gasteiger charge is -2.18. The van der Waals surface area contributed by atoms with E-state index in [-0.39, 0.29) is 0 Å². The van der Waals surface area contributed by atoms with Gasteiger partial charge in [0, 0.05) is 15.1 Å². The summed E-state index contributed by atoms with van der Waals surface area (Å²) in [6.07, 6.45) is 13.6. The molecule has 1 nitrogen and oxygen atoms in total. The summed E-state index contributed by atoms with van der Waals surface area (Å²) >= 11 is 1.93. The zero-order chi connectivity index (χ0) is 32.8. The summed E-state index contributed by atoms with van der Waals surface area (Å²) in [5.74, 6) is 0. The Hall–Kier alpha value is -5.05. The van der Waals surface area contributed by atoms with Crippen LogP contribution in [0.2, 0.25) is 0 Å². The summed E-state index contributed by atoms with van der Waals surface area (Å²) in [5.41, 5.74) is 18.9. The quantitative estimate of drug-likeness (QED) is 0.161. The Balaban J connectivity index is 1.09. The van der Waals surface area contributed by atoms with Crippen molar-refractivity contribution in [2.24, 2.45) is 4.99 Å². The van der Waals surface area contributed by atoms with Crippen LogP contribution in [-0.2, 0) is 6.42 Å². The molecule has 234 valence electrons. The van der Waals surface area contributed by atoms with Crippen LogP contribution in [0, 0.1) is 13.8 Å². The van der Waals surface area contributed by atoms with Crippen LogP contribution in [0.25, 0.3) is 66.2 Å². The molecule has 1 aromatic heterocycles. The number of benzene rings is 5. The van der Waals surface area contributed by atoms with E-state index in [1.54, 1.807) is 0 Å². The van der Waals surface area contributed by atoms with Crippen molar-refractivity contribution in [2.45, 2.75) is 46.5 Å². The van der Waals surface area contributed by atoms with Gasteiger partial charge in [-0.2, -0.15) is 0 Å². The van der Waals surface area contributed by atoms with Crippen molar-refractivity contribution in [2.75, 3.05) is 0 Å². The van der Waals surface area contributed by atoms with Crippen LogP contribution in [0.15, 0.2) is 126 Å². The smallest absolute Gasteiger partial charge is 0.0736 e. The number of rotatable bonds is 6. The minimum absolute atomic E-state index is 0.942. The van der Waals surface area contributed by atoms with Crippen molar-refractivity contribution >= 4 is 45.5 Å². The average Bonchev–Trinajstić information content (AvgIpc) is 3.51. The van der Waals surface area contributed by atoms with Crippen molar-refractivity contribution in [3.63, 3.8) is 0 Å². The van der Waals surface area contributed by atoms with E-state index in [0.717, 1.165) is 48.1 Å². The maximum absolute atomic E-state index is 4.56. The predicted octanol–water partition coefficient (Wildman–Crippen LogP) is 13.6. The first-order valence-electron chi connectivity index (χ1n) is 17.0. The third kappa shape index (κ3) is 5.21. The van der Waals surface area contributed by atoms with Gasteiger partial charge in [-0.25, -0.2) is 0 Å². The number of allylic oxidation sites excluding steroid dienone is 5. The van der Waals surface area contributed by atoms with E-state index < -0.39 is 0 Å². The van der Waals surface area contributed by atoms with Crippen LogP contribution < -0.4 is 0 Å². The van der Waals surface area contributed by atoms with Gasteiger partial charge < -0.3 is 0 Å². The highest BCUT2D eigenvalue weighted by Crippen LogP contribution is 2.43. The molecule has 0 atom stereocenters. The van der Waals surface area contributed by atoms with Gasteiger partial charge in [-0.15, -0.1) is 11.3 Å². The monoisotopic (exact) mass is 637 g/mol. The van der Waals surface area contributed by atoms with E-state index in [1.165, 1.54) is 76.2 Å². The third-order valence-corrected chi connectivity index (χ3v) is 11.6. The molecule has 0 bridgehead atoms. The summed E-state index contributed by atoms with van der Waals surface area (Å²) < 4.78 is 1.39. The Morgan fingerprint density at radius 2 is 1.12 bits per heavy atom. The largest absolute Gasteiger partial charge is 0.264 e. The zero-order valence-electron chi connectivity index (χ0n) is 27.9. The highest BCUT2D eigenvalue weighted by atomic mass is 32.1. The Bertz CT molecular complexity index is 2310. The lowest BCUT2D eigenvalue weighted by atomic mass is 9.86. The molecule has 2 aliphatic rings. The summed E-state index contributed by atoms with van der Waals surface area (Å²) in [6.45, 7) is 10.7. The van der Waals surface area contributed by atoms with Crippen LogP contribution >= 0.6 is 11.3 Å². The highest BCUT2D eigenvalue weighted by Gasteiger charge is 2.18. The number of nitrogens with zero attached hydrogens (tertiary/aromatic N) is 1. The van der Waals surface area contributed by atoms with Crippen molar-refractivity contribution in [3.05, 3.63) is 148 Å². The minimum Gasteiger partial charge on any atom is -0.264 e. The summed E-state index contributed by atoms with van der Waals surface area (Å²) in [7, 11) is 0. The summed E-state index contributed by atoms with van der Waals surface area (Å²) in [4.78, 5) is 5.98. The normalized spacial score (nSPS) is 14.1. The van der Waals surface area contributed by atoms with E-state index in [0.29, 0.717) is 0 Å². The molecule has 0 fully saturated rings. The van der Waals surface area contributed by atoms with Crippen LogP contribution in [-0.4, -0.2) is 6.72 Å². The lowest BCUT2D eigenvalue weighted by Crippen LogP contribution is -1.97. The van der Waals surface area contributed by atoms with Crippen molar-refractivity contribution in [1.29, 1.82) is 0 Å². The number of aliphatic imine (C=N–C) groups is 1. The van der Waals surface area contributed by atoms with Gasteiger partial charge in [0.05, 0.1) is 5.69 Å². The van der Waals surface area contributed by atoms with E-state index >= 15 is 0 Å². The first-order chi connectivity index (χ1) is 23.5. The summed E-state index contributed by atoms with van der Waals surface area (Å²) in [6, 6.07) is 35.9. The highest BCUT2D eigenvalue weighted by molar-refractivity contribution is 7.20. The maximum atomic E-state index is 4.56. The summed E-state index contributed by atoms with van der Waals surface area (Å²) in [5, 5.41) is 1.41. The Labute approximate surface area is 288 Å². The second-order valence-electron chi connectivity index (χ2n) is 13.1. The van der Waals surface area contributed by atoms with Gasteiger partial charge in [-0.3, -0.25) is 4.99 Å². The van der Waals surface area contributed by atoms with Gasteiger partial charge in [0.15, 0.2) is 0 Å². The van der Waals surface area contributed by atoms with Gasteiger partial charge in [-0.1, -0.05) is 115 Å². The molecule has 0 spiro atoms. The molecule has 2 aliphatic carbocycles. The molecule has 6 aromatic rings. The molecule has 8 rings (SSSR count). The number of hydrogen-bond acceptors (Lipinski definition) is 2. The van der Waals surface area contributed by atoms with Gasteiger partial charge in [0.2, 0.25) is 0 Å². The first kappa shape index (κ1) is 30.3. The van der Waals surface area contributed by atoms with Crippen molar-refractivity contribution in [1.82, 2.24) is 0 Å². The molecular weight excluding hydrogens is 599 g/mol. The molecule has 0 unspecified atom stereocenters. The Kier molecular flexibility index (Phi) is 7.90. The van der Waals surface area contributed by atoms with Crippen LogP contribution in [0.4, 0.5) is 5.69 Å². The van der Waals surface area contributed by atoms with E-state index in [4.69, 9.17) is 0 Å². The molecule has 0 N–H and O–H groups in total. The fraction of sp³-hybridized carbons (Fsp3) is 0.152. The van der Waals surface area contributed by atoms with Gasteiger partial charge in [0.25, 0.3) is 0 Å². The SMILES string of the molecule is C=Nc1c(-c2ccc(-c3cccc(C4=C(C)C=CCC4)c3C)cc2)ccc(-c2ccc(-c3cccc4c5c(sc34)C=CCC5)cc2)c1C. The number of hydrogen-bond donors (Lipinski definition) is 0. The average molecular weight is 638 g/mol. The zero-order valence-corrected chi connectivity index (χ0v) is 28.8. The molecule has 0 amide bonds. The Morgan fingerprint density at radius 1 is 0.562 bits per heavy atom. The van der Waals surface area contributed by atoms with Crippen molar-refractivity contribution < 1.29 is 0 Å². The predicted molar refractivity (Wildman–Crippen MR) is 211 cm³/mol. The van der Waals surface area contributed by atoms with E-state index in [9.17, 15) is 0 Å². The molecule has 5 aromatic carbocycles. The lowest BCUT2D eigenvalue weighted by molar-refractivity contribution is 1.01. The molecule has 0 radical (unpaired) electrons. The molecule has 0 aliphatic heterocycles. The molecule has 0 saturated heterocycles. The fourth-order valence-corrected chi connectivity index (χ4v) is 9.06. The molecule has 48 heavy (non-hydrogen) atoms. The van der Waals surface area contributed by atoms with Gasteiger partial charge >= 0.3 is 0 Å². The minimum atomic E-state index is 0.942. The standard InChI is InChI=1S/C46H39NS/c1-29-11-5-6-12-36(29)39-15-9-14-37(30(39)2)32-19-23-34(24-20-32)40-28-27-38(31(3)45(40)47-4)33-21-25-35(26-22-33)41-16-10-17-43-42-13-7-8-18-44(42)48-46(41)43/h5,8-11,14-28H,4,6-7,12-13H2,1-3H3. The fourth-order valence-electron chi connectivity index (χ4n) is 7.74. The topological polar surface area (TPSA) is 12.4 Å². The third-order valence-electron chi connectivity index (χ3n) is 10.3. The van der Waals surface area contributed by atoms with E-state index in [2.05, 4.69) is 154 Å². The van der Waals surface area contributed by atoms with Crippen molar-refractivity contribution in [3.8, 4) is 44.5 Å². The molecular formula is C46H39NS. The van der Waals surface area contributed by atoms with Gasteiger partial charge in [0.1, 0.15) is 0 Å². The second kappa shape index (κ2) is 12.5. The number of thiophene rings is 1. The second-order valence-corrected chi connectivity index (χ2v) is 14.1. The molecule has 2 heteroatoms. The molecule has 1 heterocycles.